The molecular weight excluding hydrogens is 228 g/mol. The van der Waals surface area contributed by atoms with Gasteiger partial charge in [0.2, 0.25) is 0 Å². The molecule has 1 aromatic carbocycles. The first-order valence-electron chi connectivity index (χ1n) is 6.41. The monoisotopic (exact) mass is 250 g/mol. The number of nitrogens with one attached hydrogen (secondary N) is 1. The second-order valence-corrected chi connectivity index (χ2v) is 4.01. The van der Waals surface area contributed by atoms with Gasteiger partial charge in [0.15, 0.2) is 0 Å². The van der Waals surface area contributed by atoms with Crippen molar-refractivity contribution in [2.24, 2.45) is 0 Å². The maximum absolute atomic E-state index is 11.9. The minimum Gasteiger partial charge on any atom is -0.494 e. The summed E-state index contributed by atoms with van der Waals surface area (Å²) in [6, 6.07) is 5.62. The molecule has 0 aliphatic heterocycles. The summed E-state index contributed by atoms with van der Waals surface area (Å²) < 4.78 is 5.41. The molecule has 1 rings (SSSR count). The third-order valence-corrected chi connectivity index (χ3v) is 2.80. The Morgan fingerprint density at radius 3 is 2.44 bits per heavy atom. The number of urea groups is 1. The van der Waals surface area contributed by atoms with E-state index in [-0.39, 0.29) is 6.03 Å². The Labute approximate surface area is 109 Å². The van der Waals surface area contributed by atoms with Crippen LogP contribution in [0.5, 0.6) is 5.75 Å². The number of amides is 2. The standard InChI is InChI=1S/C14H22N2O2/c1-5-16(6-2)14(17)15-13-9-8-12(18-7-3)10-11(13)4/h8-10H,5-7H2,1-4H3,(H,15,17). The first-order valence-corrected chi connectivity index (χ1v) is 6.41. The van der Waals surface area contributed by atoms with Crippen LogP contribution in [0.15, 0.2) is 18.2 Å². The number of hydrogen-bond donors (Lipinski definition) is 1. The van der Waals surface area contributed by atoms with Crippen molar-refractivity contribution in [2.75, 3.05) is 25.0 Å². The van der Waals surface area contributed by atoms with Crippen molar-refractivity contribution in [1.29, 1.82) is 0 Å². The highest BCUT2D eigenvalue weighted by Gasteiger charge is 2.10. The highest BCUT2D eigenvalue weighted by Crippen LogP contribution is 2.21. The van der Waals surface area contributed by atoms with Gasteiger partial charge in [0, 0.05) is 18.8 Å². The van der Waals surface area contributed by atoms with Crippen LogP contribution in [0.25, 0.3) is 0 Å². The summed E-state index contributed by atoms with van der Waals surface area (Å²) in [5, 5.41) is 2.91. The molecule has 0 fully saturated rings. The fourth-order valence-corrected chi connectivity index (χ4v) is 1.74. The molecule has 0 bridgehead atoms. The highest BCUT2D eigenvalue weighted by molar-refractivity contribution is 5.90. The smallest absolute Gasteiger partial charge is 0.321 e. The average molecular weight is 250 g/mol. The lowest BCUT2D eigenvalue weighted by Crippen LogP contribution is -2.34. The molecule has 0 saturated heterocycles. The number of benzene rings is 1. The number of nitrogens with zero attached hydrogens (tertiary/aromatic N) is 1. The van der Waals surface area contributed by atoms with E-state index in [1.807, 2.05) is 45.9 Å². The van der Waals surface area contributed by atoms with E-state index in [0.29, 0.717) is 19.7 Å². The van der Waals surface area contributed by atoms with Gasteiger partial charge in [-0.1, -0.05) is 0 Å². The van der Waals surface area contributed by atoms with E-state index in [2.05, 4.69) is 5.32 Å². The molecule has 0 atom stereocenters. The number of anilines is 1. The Kier molecular flexibility index (Phi) is 5.49. The molecule has 0 unspecified atom stereocenters. The Morgan fingerprint density at radius 1 is 1.28 bits per heavy atom. The molecule has 0 aliphatic rings. The summed E-state index contributed by atoms with van der Waals surface area (Å²) >= 11 is 0. The summed E-state index contributed by atoms with van der Waals surface area (Å²) in [5.74, 6) is 0.829. The first-order chi connectivity index (χ1) is 8.62. The highest BCUT2D eigenvalue weighted by atomic mass is 16.5. The molecule has 100 valence electrons. The third kappa shape index (κ3) is 3.65. The van der Waals surface area contributed by atoms with Crippen LogP contribution in [-0.2, 0) is 0 Å². The van der Waals surface area contributed by atoms with E-state index >= 15 is 0 Å². The molecule has 18 heavy (non-hydrogen) atoms. The Balaban J connectivity index is 2.76. The van der Waals surface area contributed by atoms with Gasteiger partial charge in [-0.15, -0.1) is 0 Å². The molecule has 4 heteroatoms. The minimum absolute atomic E-state index is 0.0627. The third-order valence-electron chi connectivity index (χ3n) is 2.80. The van der Waals surface area contributed by atoms with Crippen LogP contribution in [0.4, 0.5) is 10.5 Å². The van der Waals surface area contributed by atoms with Gasteiger partial charge in [-0.3, -0.25) is 0 Å². The first kappa shape index (κ1) is 14.4. The van der Waals surface area contributed by atoms with Crippen LogP contribution in [0.3, 0.4) is 0 Å². The van der Waals surface area contributed by atoms with Gasteiger partial charge in [0.05, 0.1) is 6.61 Å². The van der Waals surface area contributed by atoms with Crippen molar-refractivity contribution in [3.05, 3.63) is 23.8 Å². The van der Waals surface area contributed by atoms with Crippen LogP contribution < -0.4 is 10.1 Å². The number of aryl methyl sites for hydroxylation is 1. The van der Waals surface area contributed by atoms with Crippen LogP contribution >= 0.6 is 0 Å². The second kappa shape index (κ2) is 6.89. The maximum Gasteiger partial charge on any atom is 0.321 e. The summed E-state index contributed by atoms with van der Waals surface area (Å²) in [4.78, 5) is 13.7. The van der Waals surface area contributed by atoms with E-state index in [4.69, 9.17) is 4.74 Å². The lowest BCUT2D eigenvalue weighted by atomic mass is 10.2. The van der Waals surface area contributed by atoms with Crippen molar-refractivity contribution < 1.29 is 9.53 Å². The lowest BCUT2D eigenvalue weighted by Gasteiger charge is -2.20. The van der Waals surface area contributed by atoms with Gasteiger partial charge in [-0.05, 0) is 51.5 Å². The van der Waals surface area contributed by atoms with Gasteiger partial charge < -0.3 is 15.0 Å². The van der Waals surface area contributed by atoms with Crippen LogP contribution in [0.2, 0.25) is 0 Å². The topological polar surface area (TPSA) is 41.6 Å². The molecule has 4 nitrogen and oxygen atoms in total. The molecule has 0 radical (unpaired) electrons. The van der Waals surface area contributed by atoms with E-state index in [9.17, 15) is 4.79 Å². The SMILES string of the molecule is CCOc1ccc(NC(=O)N(CC)CC)c(C)c1. The summed E-state index contributed by atoms with van der Waals surface area (Å²) in [6.45, 7) is 9.90. The number of carbonyl (C=O) groups is 1. The molecule has 1 aromatic rings. The zero-order chi connectivity index (χ0) is 13.5. The van der Waals surface area contributed by atoms with Crippen molar-refractivity contribution in [1.82, 2.24) is 4.90 Å². The van der Waals surface area contributed by atoms with E-state index in [1.165, 1.54) is 0 Å². The van der Waals surface area contributed by atoms with Crippen molar-refractivity contribution in [3.63, 3.8) is 0 Å². The van der Waals surface area contributed by atoms with Crippen LogP contribution in [0, 0.1) is 6.92 Å². The van der Waals surface area contributed by atoms with Gasteiger partial charge in [-0.2, -0.15) is 0 Å². The van der Waals surface area contributed by atoms with Crippen LogP contribution in [-0.4, -0.2) is 30.6 Å². The van der Waals surface area contributed by atoms with Crippen molar-refractivity contribution in [2.45, 2.75) is 27.7 Å². The molecule has 2 amide bonds. The molecule has 0 spiro atoms. The van der Waals surface area contributed by atoms with Gasteiger partial charge >= 0.3 is 6.03 Å². The molecule has 1 N–H and O–H groups in total. The molecule has 0 aliphatic carbocycles. The predicted molar refractivity (Wildman–Crippen MR) is 74.3 cm³/mol. The number of rotatable bonds is 5. The van der Waals surface area contributed by atoms with Gasteiger partial charge in [-0.25, -0.2) is 4.79 Å². The van der Waals surface area contributed by atoms with Crippen LogP contribution in [0.1, 0.15) is 26.3 Å². The van der Waals surface area contributed by atoms with Crippen molar-refractivity contribution >= 4 is 11.7 Å². The Hall–Kier alpha value is -1.71. The zero-order valence-electron chi connectivity index (χ0n) is 11.6. The molecule has 0 heterocycles. The zero-order valence-corrected chi connectivity index (χ0v) is 11.6. The quantitative estimate of drug-likeness (QED) is 0.871. The molecular formula is C14H22N2O2. The van der Waals surface area contributed by atoms with Gasteiger partial charge in [0.1, 0.15) is 5.75 Å². The lowest BCUT2D eigenvalue weighted by molar-refractivity contribution is 0.217. The summed E-state index contributed by atoms with van der Waals surface area (Å²) in [7, 11) is 0. The summed E-state index contributed by atoms with van der Waals surface area (Å²) in [5.41, 5.74) is 1.83. The largest absolute Gasteiger partial charge is 0.494 e. The summed E-state index contributed by atoms with van der Waals surface area (Å²) in [6.07, 6.45) is 0. The fourth-order valence-electron chi connectivity index (χ4n) is 1.74. The van der Waals surface area contributed by atoms with E-state index in [1.54, 1.807) is 4.90 Å². The predicted octanol–water partition coefficient (Wildman–Crippen LogP) is 3.27. The van der Waals surface area contributed by atoms with E-state index < -0.39 is 0 Å². The number of ether oxygens (including phenoxy) is 1. The molecule has 0 aromatic heterocycles. The minimum atomic E-state index is -0.0627. The Morgan fingerprint density at radius 2 is 1.94 bits per heavy atom. The second-order valence-electron chi connectivity index (χ2n) is 4.01. The normalized spacial score (nSPS) is 10.0. The average Bonchev–Trinajstić information content (AvgIpc) is 2.34. The van der Waals surface area contributed by atoms with E-state index in [0.717, 1.165) is 17.0 Å². The number of hydrogen-bond acceptors (Lipinski definition) is 2. The molecule has 0 saturated carbocycles. The van der Waals surface area contributed by atoms with Crippen molar-refractivity contribution in [3.8, 4) is 5.75 Å². The Bertz CT molecular complexity index is 401. The fraction of sp³-hybridized carbons (Fsp3) is 0.500. The maximum atomic E-state index is 11.9. The van der Waals surface area contributed by atoms with Gasteiger partial charge in [0.25, 0.3) is 0 Å². The number of carbonyl (C=O) groups excluding carboxylic acids is 1.